The van der Waals surface area contributed by atoms with Crippen molar-refractivity contribution in [2.24, 2.45) is 11.7 Å². The standard InChI is InChI=1S/C14H25NO/c1-4-7-11(8-5-2)14(15)13-10-9-12(6-3)16-13/h9-11,14H,4-8,15H2,1-3H3. The van der Waals surface area contributed by atoms with Gasteiger partial charge in [0, 0.05) is 6.42 Å². The molecule has 0 aliphatic carbocycles. The normalized spacial score (nSPS) is 13.3. The molecule has 1 rings (SSSR count). The zero-order valence-corrected chi connectivity index (χ0v) is 10.8. The summed E-state index contributed by atoms with van der Waals surface area (Å²) in [4.78, 5) is 0. The van der Waals surface area contributed by atoms with Gasteiger partial charge in [0.25, 0.3) is 0 Å². The number of furan rings is 1. The lowest BCUT2D eigenvalue weighted by Crippen LogP contribution is -2.20. The first kappa shape index (κ1) is 13.3. The van der Waals surface area contributed by atoms with Crippen LogP contribution in [-0.2, 0) is 6.42 Å². The Balaban J connectivity index is 2.68. The molecule has 2 nitrogen and oxygen atoms in total. The third-order valence-corrected chi connectivity index (χ3v) is 3.19. The summed E-state index contributed by atoms with van der Waals surface area (Å²) in [6, 6.07) is 4.16. The molecular formula is C14H25NO. The van der Waals surface area contributed by atoms with Crippen LogP contribution in [0.4, 0.5) is 0 Å². The van der Waals surface area contributed by atoms with Gasteiger partial charge in [-0.25, -0.2) is 0 Å². The topological polar surface area (TPSA) is 39.2 Å². The quantitative estimate of drug-likeness (QED) is 0.757. The molecule has 0 aromatic carbocycles. The molecular weight excluding hydrogens is 198 g/mol. The molecule has 0 aliphatic rings. The van der Waals surface area contributed by atoms with Gasteiger partial charge in [-0.2, -0.15) is 0 Å². The largest absolute Gasteiger partial charge is 0.464 e. The van der Waals surface area contributed by atoms with Crippen molar-refractivity contribution in [3.8, 4) is 0 Å². The van der Waals surface area contributed by atoms with Gasteiger partial charge in [-0.15, -0.1) is 0 Å². The summed E-state index contributed by atoms with van der Waals surface area (Å²) in [7, 11) is 0. The van der Waals surface area contributed by atoms with E-state index in [0.717, 1.165) is 17.9 Å². The highest BCUT2D eigenvalue weighted by Crippen LogP contribution is 2.28. The first-order chi connectivity index (χ1) is 7.72. The van der Waals surface area contributed by atoms with Gasteiger partial charge in [0.15, 0.2) is 0 Å². The fourth-order valence-corrected chi connectivity index (χ4v) is 2.24. The van der Waals surface area contributed by atoms with Gasteiger partial charge >= 0.3 is 0 Å². The Morgan fingerprint density at radius 2 is 1.75 bits per heavy atom. The molecule has 0 fully saturated rings. The van der Waals surface area contributed by atoms with Crippen molar-refractivity contribution in [3.05, 3.63) is 23.7 Å². The maximum absolute atomic E-state index is 6.29. The molecule has 1 unspecified atom stereocenters. The van der Waals surface area contributed by atoms with Crippen LogP contribution in [-0.4, -0.2) is 0 Å². The Morgan fingerprint density at radius 1 is 1.12 bits per heavy atom. The Labute approximate surface area is 99.2 Å². The van der Waals surface area contributed by atoms with E-state index < -0.39 is 0 Å². The van der Waals surface area contributed by atoms with E-state index in [-0.39, 0.29) is 6.04 Å². The second-order valence-electron chi connectivity index (χ2n) is 4.52. The highest BCUT2D eigenvalue weighted by atomic mass is 16.3. The van der Waals surface area contributed by atoms with Gasteiger partial charge in [0.2, 0.25) is 0 Å². The van der Waals surface area contributed by atoms with Crippen molar-refractivity contribution < 1.29 is 4.42 Å². The van der Waals surface area contributed by atoms with Crippen molar-refractivity contribution in [1.82, 2.24) is 0 Å². The number of nitrogens with two attached hydrogens (primary N) is 1. The third kappa shape index (κ3) is 3.38. The van der Waals surface area contributed by atoms with E-state index in [9.17, 15) is 0 Å². The summed E-state index contributed by atoms with van der Waals surface area (Å²) in [5, 5.41) is 0. The van der Waals surface area contributed by atoms with Crippen molar-refractivity contribution in [1.29, 1.82) is 0 Å². The summed E-state index contributed by atoms with van der Waals surface area (Å²) in [6.07, 6.45) is 5.71. The van der Waals surface area contributed by atoms with Crippen LogP contribution in [0.5, 0.6) is 0 Å². The van der Waals surface area contributed by atoms with Crippen molar-refractivity contribution in [2.75, 3.05) is 0 Å². The smallest absolute Gasteiger partial charge is 0.121 e. The Morgan fingerprint density at radius 3 is 2.19 bits per heavy atom. The molecule has 1 atom stereocenters. The molecule has 16 heavy (non-hydrogen) atoms. The van der Waals surface area contributed by atoms with Crippen molar-refractivity contribution in [2.45, 2.75) is 58.9 Å². The molecule has 1 heterocycles. The molecule has 1 aromatic rings. The lowest BCUT2D eigenvalue weighted by atomic mass is 9.90. The van der Waals surface area contributed by atoms with Gasteiger partial charge in [-0.1, -0.05) is 33.6 Å². The molecule has 0 spiro atoms. The SMILES string of the molecule is CCCC(CCC)C(N)c1ccc(CC)o1. The van der Waals surface area contributed by atoms with Crippen LogP contribution in [0.2, 0.25) is 0 Å². The fourth-order valence-electron chi connectivity index (χ4n) is 2.24. The molecule has 0 saturated heterocycles. The van der Waals surface area contributed by atoms with E-state index in [0.29, 0.717) is 5.92 Å². The first-order valence-corrected chi connectivity index (χ1v) is 6.57. The second-order valence-corrected chi connectivity index (χ2v) is 4.52. The molecule has 0 bridgehead atoms. The summed E-state index contributed by atoms with van der Waals surface area (Å²) in [6.45, 7) is 6.54. The van der Waals surface area contributed by atoms with E-state index in [1.54, 1.807) is 0 Å². The molecule has 0 amide bonds. The van der Waals surface area contributed by atoms with Crippen molar-refractivity contribution in [3.63, 3.8) is 0 Å². The third-order valence-electron chi connectivity index (χ3n) is 3.19. The number of rotatable bonds is 7. The summed E-state index contributed by atoms with van der Waals surface area (Å²) in [5.74, 6) is 2.56. The van der Waals surface area contributed by atoms with Gasteiger partial charge in [-0.05, 0) is 30.9 Å². The molecule has 2 N–H and O–H groups in total. The Kier molecular flexibility index (Phi) is 5.61. The van der Waals surface area contributed by atoms with E-state index >= 15 is 0 Å². The van der Waals surface area contributed by atoms with Gasteiger partial charge in [0.1, 0.15) is 11.5 Å². The van der Waals surface area contributed by atoms with E-state index in [4.69, 9.17) is 10.2 Å². The average Bonchev–Trinajstić information content (AvgIpc) is 2.76. The van der Waals surface area contributed by atoms with Gasteiger partial charge in [-0.3, -0.25) is 0 Å². The summed E-state index contributed by atoms with van der Waals surface area (Å²) in [5.41, 5.74) is 6.29. The van der Waals surface area contributed by atoms with Crippen LogP contribution in [0, 0.1) is 5.92 Å². The van der Waals surface area contributed by atoms with Crippen LogP contribution in [0.3, 0.4) is 0 Å². The first-order valence-electron chi connectivity index (χ1n) is 6.57. The average molecular weight is 223 g/mol. The fraction of sp³-hybridized carbons (Fsp3) is 0.714. The molecule has 0 aliphatic heterocycles. The minimum absolute atomic E-state index is 0.0696. The Hall–Kier alpha value is -0.760. The number of hydrogen-bond donors (Lipinski definition) is 1. The zero-order valence-electron chi connectivity index (χ0n) is 10.8. The minimum Gasteiger partial charge on any atom is -0.464 e. The van der Waals surface area contributed by atoms with E-state index in [1.807, 2.05) is 12.1 Å². The van der Waals surface area contributed by atoms with E-state index in [1.165, 1.54) is 25.7 Å². The lowest BCUT2D eigenvalue weighted by molar-refractivity contribution is 0.317. The highest BCUT2D eigenvalue weighted by Gasteiger charge is 2.20. The maximum atomic E-state index is 6.29. The van der Waals surface area contributed by atoms with Crippen LogP contribution in [0.25, 0.3) is 0 Å². The summed E-state index contributed by atoms with van der Waals surface area (Å²) >= 11 is 0. The van der Waals surface area contributed by atoms with Crippen molar-refractivity contribution >= 4 is 0 Å². The zero-order chi connectivity index (χ0) is 12.0. The predicted molar refractivity (Wildman–Crippen MR) is 68.3 cm³/mol. The maximum Gasteiger partial charge on any atom is 0.121 e. The monoisotopic (exact) mass is 223 g/mol. The number of aryl methyl sites for hydroxylation is 1. The molecule has 92 valence electrons. The van der Waals surface area contributed by atoms with Gasteiger partial charge in [0.05, 0.1) is 6.04 Å². The molecule has 0 saturated carbocycles. The molecule has 0 radical (unpaired) electrons. The second kappa shape index (κ2) is 6.74. The van der Waals surface area contributed by atoms with Crippen LogP contribution in [0.15, 0.2) is 16.5 Å². The summed E-state index contributed by atoms with van der Waals surface area (Å²) < 4.78 is 5.74. The van der Waals surface area contributed by atoms with Gasteiger partial charge < -0.3 is 10.2 Å². The van der Waals surface area contributed by atoms with Crippen LogP contribution >= 0.6 is 0 Å². The van der Waals surface area contributed by atoms with E-state index in [2.05, 4.69) is 20.8 Å². The number of hydrogen-bond acceptors (Lipinski definition) is 2. The van der Waals surface area contributed by atoms with Crippen LogP contribution < -0.4 is 5.73 Å². The Bertz CT molecular complexity index is 287. The highest BCUT2D eigenvalue weighted by molar-refractivity contribution is 5.11. The molecule has 1 aromatic heterocycles. The van der Waals surface area contributed by atoms with Crippen LogP contribution in [0.1, 0.15) is 64.0 Å². The lowest BCUT2D eigenvalue weighted by Gasteiger charge is -2.21. The predicted octanol–water partition coefficient (Wildman–Crippen LogP) is 4.06. The minimum atomic E-state index is 0.0696. The molecule has 2 heteroatoms.